The molecule has 1 fully saturated rings. The Morgan fingerprint density at radius 3 is 2.84 bits per heavy atom. The van der Waals surface area contributed by atoms with Gasteiger partial charge in [0.05, 0.1) is 12.0 Å². The molecule has 0 N–H and O–H groups in total. The summed E-state index contributed by atoms with van der Waals surface area (Å²) in [4.78, 5) is 13.6. The quantitative estimate of drug-likeness (QED) is 0.798. The van der Waals surface area contributed by atoms with Gasteiger partial charge in [0.1, 0.15) is 11.4 Å². The summed E-state index contributed by atoms with van der Waals surface area (Å²) in [7, 11) is 0. The highest BCUT2D eigenvalue weighted by molar-refractivity contribution is 5.93. The van der Waals surface area contributed by atoms with Crippen molar-refractivity contribution in [3.63, 3.8) is 0 Å². The molecule has 0 bridgehead atoms. The van der Waals surface area contributed by atoms with Gasteiger partial charge in [0, 0.05) is 30.9 Å². The number of ether oxygens (including phenoxy) is 1. The number of esters is 1. The van der Waals surface area contributed by atoms with Gasteiger partial charge >= 0.3 is 5.97 Å². The lowest BCUT2D eigenvalue weighted by Crippen LogP contribution is -2.36. The van der Waals surface area contributed by atoms with Crippen LogP contribution >= 0.6 is 0 Å². The highest BCUT2D eigenvalue weighted by Gasteiger charge is 2.20. The second kappa shape index (κ2) is 4.57. The van der Waals surface area contributed by atoms with Gasteiger partial charge in [-0.2, -0.15) is 0 Å². The number of rotatable bonds is 3. The van der Waals surface area contributed by atoms with Gasteiger partial charge in [-0.15, -0.1) is 0 Å². The van der Waals surface area contributed by atoms with E-state index in [2.05, 4.69) is 4.90 Å². The molecule has 0 saturated carbocycles. The largest absolute Gasteiger partial charge is 0.460 e. The molecule has 0 atom stereocenters. The molecule has 1 aromatic carbocycles. The van der Waals surface area contributed by atoms with Gasteiger partial charge in [-0.1, -0.05) is 0 Å². The summed E-state index contributed by atoms with van der Waals surface area (Å²) in [5.74, 6) is -0.904. The SMILES string of the molecule is CCOC(=O)c1cc2c(F)cc(N3CCC3)cc2o1. The average Bonchev–Trinajstić information content (AvgIpc) is 2.71. The third-order valence-corrected chi connectivity index (χ3v) is 3.27. The summed E-state index contributed by atoms with van der Waals surface area (Å²) >= 11 is 0. The minimum Gasteiger partial charge on any atom is -0.460 e. The number of hydrogen-bond acceptors (Lipinski definition) is 4. The van der Waals surface area contributed by atoms with Crippen molar-refractivity contribution in [1.82, 2.24) is 0 Å². The van der Waals surface area contributed by atoms with Crippen LogP contribution in [0.2, 0.25) is 0 Å². The topological polar surface area (TPSA) is 42.7 Å². The smallest absolute Gasteiger partial charge is 0.374 e. The molecule has 0 unspecified atom stereocenters. The zero-order valence-electron chi connectivity index (χ0n) is 10.6. The van der Waals surface area contributed by atoms with Crippen molar-refractivity contribution in [3.8, 4) is 0 Å². The zero-order chi connectivity index (χ0) is 13.4. The van der Waals surface area contributed by atoms with Crippen LogP contribution in [0.15, 0.2) is 22.6 Å². The second-order valence-electron chi connectivity index (χ2n) is 4.51. The molecule has 0 amide bonds. The number of halogens is 1. The third kappa shape index (κ3) is 2.05. The molecule has 0 radical (unpaired) electrons. The van der Waals surface area contributed by atoms with Crippen molar-refractivity contribution in [2.75, 3.05) is 24.6 Å². The summed E-state index contributed by atoms with van der Waals surface area (Å²) in [6, 6.07) is 4.63. The van der Waals surface area contributed by atoms with Gasteiger partial charge in [-0.25, -0.2) is 9.18 Å². The number of furan rings is 1. The van der Waals surface area contributed by atoms with Crippen molar-refractivity contribution >= 4 is 22.6 Å². The van der Waals surface area contributed by atoms with Crippen LogP contribution in [-0.2, 0) is 4.74 Å². The fraction of sp³-hybridized carbons (Fsp3) is 0.357. The Kier molecular flexibility index (Phi) is 2.89. The van der Waals surface area contributed by atoms with Gasteiger partial charge in [0.25, 0.3) is 0 Å². The summed E-state index contributed by atoms with van der Waals surface area (Å²) < 4.78 is 24.2. The molecule has 4 nitrogen and oxygen atoms in total. The van der Waals surface area contributed by atoms with Gasteiger partial charge in [-0.05, 0) is 19.4 Å². The Labute approximate surface area is 109 Å². The van der Waals surface area contributed by atoms with Crippen LogP contribution in [-0.4, -0.2) is 25.7 Å². The first-order valence-corrected chi connectivity index (χ1v) is 6.34. The van der Waals surface area contributed by atoms with Crippen molar-refractivity contribution in [1.29, 1.82) is 0 Å². The summed E-state index contributed by atoms with van der Waals surface area (Å²) in [5.41, 5.74) is 1.17. The van der Waals surface area contributed by atoms with E-state index in [0.29, 0.717) is 11.0 Å². The number of anilines is 1. The van der Waals surface area contributed by atoms with Crippen LogP contribution in [0.1, 0.15) is 23.9 Å². The van der Waals surface area contributed by atoms with Gasteiger partial charge in [0.15, 0.2) is 0 Å². The summed E-state index contributed by atoms with van der Waals surface area (Å²) in [6.07, 6.45) is 1.12. The fourth-order valence-electron chi connectivity index (χ4n) is 2.14. The molecule has 1 aliphatic rings. The van der Waals surface area contributed by atoms with Crippen LogP contribution in [0.3, 0.4) is 0 Å². The van der Waals surface area contributed by atoms with Gasteiger partial charge in [-0.3, -0.25) is 0 Å². The maximum atomic E-state index is 14.0. The minimum atomic E-state index is -0.566. The lowest BCUT2D eigenvalue weighted by Gasteiger charge is -2.33. The standard InChI is InChI=1S/C14H14FNO3/c1-2-18-14(17)13-8-10-11(15)6-9(7-12(10)19-13)16-4-3-5-16/h6-8H,2-5H2,1H3. The first kappa shape index (κ1) is 12.0. The molecule has 1 aliphatic heterocycles. The predicted octanol–water partition coefficient (Wildman–Crippen LogP) is 2.96. The van der Waals surface area contributed by atoms with E-state index < -0.39 is 5.97 Å². The van der Waals surface area contributed by atoms with E-state index in [9.17, 15) is 9.18 Å². The normalized spacial score (nSPS) is 14.5. The Morgan fingerprint density at radius 1 is 1.42 bits per heavy atom. The Balaban J connectivity index is 2.01. The first-order chi connectivity index (χ1) is 9.19. The maximum Gasteiger partial charge on any atom is 0.374 e. The number of hydrogen-bond donors (Lipinski definition) is 0. The second-order valence-corrected chi connectivity index (χ2v) is 4.51. The average molecular weight is 263 g/mol. The number of carbonyl (C=O) groups is 1. The minimum absolute atomic E-state index is 0.0384. The van der Waals surface area contributed by atoms with E-state index in [1.54, 1.807) is 13.0 Å². The Hall–Kier alpha value is -2.04. The molecule has 100 valence electrons. The molecule has 5 heteroatoms. The van der Waals surface area contributed by atoms with Crippen LogP contribution in [0, 0.1) is 5.82 Å². The van der Waals surface area contributed by atoms with Crippen molar-refractivity contribution in [3.05, 3.63) is 29.8 Å². The van der Waals surface area contributed by atoms with Crippen LogP contribution in [0.4, 0.5) is 10.1 Å². The lowest BCUT2D eigenvalue weighted by molar-refractivity contribution is 0.0492. The van der Waals surface area contributed by atoms with Crippen LogP contribution in [0.5, 0.6) is 0 Å². The molecule has 2 heterocycles. The van der Waals surface area contributed by atoms with E-state index in [0.717, 1.165) is 25.2 Å². The maximum absolute atomic E-state index is 14.0. The first-order valence-electron chi connectivity index (χ1n) is 6.34. The highest BCUT2D eigenvalue weighted by Crippen LogP contribution is 2.30. The molecule has 0 spiro atoms. The monoisotopic (exact) mass is 263 g/mol. The van der Waals surface area contributed by atoms with Crippen LogP contribution < -0.4 is 4.90 Å². The van der Waals surface area contributed by atoms with E-state index in [-0.39, 0.29) is 18.2 Å². The summed E-state index contributed by atoms with van der Waals surface area (Å²) in [5, 5.41) is 0.312. The van der Waals surface area contributed by atoms with E-state index in [1.165, 1.54) is 12.1 Å². The molecule has 1 saturated heterocycles. The molecule has 2 aromatic rings. The summed E-state index contributed by atoms with van der Waals surface area (Å²) in [6.45, 7) is 3.83. The third-order valence-electron chi connectivity index (χ3n) is 3.27. The van der Waals surface area contributed by atoms with Crippen molar-refractivity contribution in [2.45, 2.75) is 13.3 Å². The van der Waals surface area contributed by atoms with Crippen LogP contribution in [0.25, 0.3) is 11.0 Å². The van der Waals surface area contributed by atoms with E-state index in [1.807, 2.05) is 0 Å². The van der Waals surface area contributed by atoms with Crippen molar-refractivity contribution in [2.24, 2.45) is 0 Å². The number of nitrogens with zero attached hydrogens (tertiary/aromatic N) is 1. The fourth-order valence-corrected chi connectivity index (χ4v) is 2.14. The number of benzene rings is 1. The predicted molar refractivity (Wildman–Crippen MR) is 69.0 cm³/mol. The molecular weight excluding hydrogens is 249 g/mol. The number of fused-ring (bicyclic) bond motifs is 1. The molecule has 3 rings (SSSR count). The molecular formula is C14H14FNO3. The van der Waals surface area contributed by atoms with Crippen molar-refractivity contribution < 1.29 is 18.3 Å². The molecule has 19 heavy (non-hydrogen) atoms. The molecule has 1 aromatic heterocycles. The molecule has 0 aliphatic carbocycles. The highest BCUT2D eigenvalue weighted by atomic mass is 19.1. The number of carbonyl (C=O) groups excluding carboxylic acids is 1. The lowest BCUT2D eigenvalue weighted by atomic mass is 10.1. The zero-order valence-corrected chi connectivity index (χ0v) is 10.6. The van der Waals surface area contributed by atoms with E-state index >= 15 is 0 Å². The Morgan fingerprint density at radius 2 is 2.21 bits per heavy atom. The van der Waals surface area contributed by atoms with Gasteiger partial charge < -0.3 is 14.1 Å². The van der Waals surface area contributed by atoms with E-state index in [4.69, 9.17) is 9.15 Å². The van der Waals surface area contributed by atoms with Gasteiger partial charge in [0.2, 0.25) is 5.76 Å². The Bertz CT molecular complexity index is 631.